The van der Waals surface area contributed by atoms with Gasteiger partial charge in [0.05, 0.1) is 20.4 Å². The molecule has 3 amide bonds. The topological polar surface area (TPSA) is 89.5 Å². The number of hydrogen-bond donors (Lipinski definition) is 1. The highest BCUT2D eigenvalue weighted by atomic mass is 16.5. The molecule has 3 aromatic carbocycles. The van der Waals surface area contributed by atoms with Crippen LogP contribution in [0.1, 0.15) is 23.6 Å². The molecule has 1 N–H and O–H groups in total. The summed E-state index contributed by atoms with van der Waals surface area (Å²) in [6.45, 7) is 2.05. The summed E-state index contributed by atoms with van der Waals surface area (Å²) < 4.78 is 16.5. The van der Waals surface area contributed by atoms with Crippen LogP contribution in [0.15, 0.2) is 77.9 Å². The minimum Gasteiger partial charge on any atom is -0.497 e. The minimum absolute atomic E-state index is 0.400. The van der Waals surface area contributed by atoms with Crippen molar-refractivity contribution in [1.82, 2.24) is 10.3 Å². The molecule has 3 aromatic rings. The quantitative estimate of drug-likeness (QED) is 0.405. The van der Waals surface area contributed by atoms with E-state index in [2.05, 4.69) is 10.4 Å². The summed E-state index contributed by atoms with van der Waals surface area (Å²) in [7, 11) is 3.11. The highest BCUT2D eigenvalue weighted by Crippen LogP contribution is 2.31. The van der Waals surface area contributed by atoms with E-state index in [4.69, 9.17) is 14.2 Å². The molecule has 8 nitrogen and oxygen atoms in total. The number of nitrogens with zero attached hydrogens (tertiary/aromatic N) is 2. The fourth-order valence-corrected chi connectivity index (χ4v) is 3.59. The van der Waals surface area contributed by atoms with E-state index in [9.17, 15) is 9.59 Å². The van der Waals surface area contributed by atoms with Crippen LogP contribution in [-0.4, -0.2) is 37.4 Å². The summed E-state index contributed by atoms with van der Waals surface area (Å²) in [6, 6.07) is 21.4. The van der Waals surface area contributed by atoms with Gasteiger partial charge in [0, 0.05) is 0 Å². The second-order valence-electron chi connectivity index (χ2n) is 7.83. The van der Waals surface area contributed by atoms with Crippen LogP contribution in [0.2, 0.25) is 0 Å². The van der Waals surface area contributed by atoms with Crippen LogP contribution in [-0.2, 0) is 16.9 Å². The Hall–Kier alpha value is -4.33. The Morgan fingerprint density at radius 3 is 2.35 bits per heavy atom. The van der Waals surface area contributed by atoms with E-state index in [1.165, 1.54) is 6.21 Å². The average molecular weight is 460 g/mol. The third-order valence-electron chi connectivity index (χ3n) is 5.58. The average Bonchev–Trinajstić information content (AvgIpc) is 3.10. The van der Waals surface area contributed by atoms with Crippen molar-refractivity contribution in [2.24, 2.45) is 5.10 Å². The lowest BCUT2D eigenvalue weighted by molar-refractivity contribution is -0.131. The Morgan fingerprint density at radius 2 is 1.68 bits per heavy atom. The molecule has 1 fully saturated rings. The van der Waals surface area contributed by atoms with E-state index < -0.39 is 17.5 Å². The van der Waals surface area contributed by atoms with E-state index in [1.807, 2.05) is 30.3 Å². The van der Waals surface area contributed by atoms with Gasteiger partial charge in [-0.2, -0.15) is 5.10 Å². The van der Waals surface area contributed by atoms with Crippen LogP contribution >= 0.6 is 0 Å². The molecule has 0 saturated carbocycles. The Kier molecular flexibility index (Phi) is 6.49. The van der Waals surface area contributed by atoms with E-state index in [0.29, 0.717) is 35.0 Å². The first-order valence-corrected chi connectivity index (χ1v) is 10.6. The van der Waals surface area contributed by atoms with Gasteiger partial charge in [-0.1, -0.05) is 42.5 Å². The van der Waals surface area contributed by atoms with E-state index >= 15 is 0 Å². The van der Waals surface area contributed by atoms with E-state index in [-0.39, 0.29) is 0 Å². The van der Waals surface area contributed by atoms with Crippen LogP contribution in [0.25, 0.3) is 0 Å². The molecule has 0 aliphatic carbocycles. The van der Waals surface area contributed by atoms with Gasteiger partial charge < -0.3 is 19.5 Å². The number of ether oxygens (including phenoxy) is 3. The molecule has 34 heavy (non-hydrogen) atoms. The van der Waals surface area contributed by atoms with Gasteiger partial charge in [0.2, 0.25) is 0 Å². The molecule has 4 rings (SSSR count). The summed E-state index contributed by atoms with van der Waals surface area (Å²) in [4.78, 5) is 25.6. The van der Waals surface area contributed by atoms with Crippen LogP contribution in [0, 0.1) is 0 Å². The molecular formula is C26H25N3O5. The number of methoxy groups -OCH3 is 2. The molecule has 0 spiro atoms. The van der Waals surface area contributed by atoms with Crippen molar-refractivity contribution in [2.45, 2.75) is 19.1 Å². The van der Waals surface area contributed by atoms with Crippen molar-refractivity contribution in [3.05, 3.63) is 89.5 Å². The molecule has 1 atom stereocenters. The Bertz CT molecular complexity index is 1210. The number of hydrazone groups is 1. The molecule has 1 unspecified atom stereocenters. The number of amides is 3. The van der Waals surface area contributed by atoms with Crippen molar-refractivity contribution in [1.29, 1.82) is 0 Å². The van der Waals surface area contributed by atoms with Gasteiger partial charge in [-0.25, -0.2) is 4.79 Å². The number of rotatable bonds is 8. The smallest absolute Gasteiger partial charge is 0.346 e. The number of urea groups is 1. The van der Waals surface area contributed by atoms with Gasteiger partial charge in [-0.05, 0) is 53.9 Å². The van der Waals surface area contributed by atoms with Crippen molar-refractivity contribution in [3.63, 3.8) is 0 Å². The van der Waals surface area contributed by atoms with Crippen LogP contribution in [0.4, 0.5) is 4.79 Å². The lowest BCUT2D eigenvalue weighted by Gasteiger charge is -2.21. The van der Waals surface area contributed by atoms with Crippen molar-refractivity contribution in [3.8, 4) is 17.2 Å². The first-order chi connectivity index (χ1) is 16.4. The zero-order valence-electron chi connectivity index (χ0n) is 19.1. The van der Waals surface area contributed by atoms with Gasteiger partial charge in [0.1, 0.15) is 17.9 Å². The number of benzene rings is 3. The summed E-state index contributed by atoms with van der Waals surface area (Å²) in [5.41, 5.74) is 1.08. The van der Waals surface area contributed by atoms with Crippen molar-refractivity contribution in [2.75, 3.05) is 14.2 Å². The fraction of sp³-hybridized carbons (Fsp3) is 0.192. The Labute approximate surface area is 197 Å². The highest BCUT2D eigenvalue weighted by Gasteiger charge is 2.49. The van der Waals surface area contributed by atoms with Crippen LogP contribution < -0.4 is 19.5 Å². The molecule has 1 saturated heterocycles. The fourth-order valence-electron chi connectivity index (χ4n) is 3.59. The van der Waals surface area contributed by atoms with Crippen molar-refractivity contribution < 1.29 is 23.8 Å². The van der Waals surface area contributed by atoms with Gasteiger partial charge in [0.15, 0.2) is 11.5 Å². The third-order valence-corrected chi connectivity index (χ3v) is 5.58. The van der Waals surface area contributed by atoms with Gasteiger partial charge in [0.25, 0.3) is 5.91 Å². The second kappa shape index (κ2) is 9.66. The molecule has 1 heterocycles. The monoisotopic (exact) mass is 459 g/mol. The van der Waals surface area contributed by atoms with E-state index in [0.717, 1.165) is 10.6 Å². The molecule has 8 heteroatoms. The predicted octanol–water partition coefficient (Wildman–Crippen LogP) is 4.08. The maximum atomic E-state index is 13.1. The second-order valence-corrected chi connectivity index (χ2v) is 7.83. The van der Waals surface area contributed by atoms with Crippen LogP contribution in [0.3, 0.4) is 0 Å². The maximum absolute atomic E-state index is 13.1. The van der Waals surface area contributed by atoms with Gasteiger partial charge in [-0.15, -0.1) is 5.01 Å². The molecule has 174 valence electrons. The molecule has 0 radical (unpaired) electrons. The minimum atomic E-state index is -1.23. The lowest BCUT2D eigenvalue weighted by atomic mass is 9.92. The molecule has 0 bridgehead atoms. The predicted molar refractivity (Wildman–Crippen MR) is 127 cm³/mol. The van der Waals surface area contributed by atoms with Gasteiger partial charge >= 0.3 is 6.03 Å². The summed E-state index contributed by atoms with van der Waals surface area (Å²) in [5.74, 6) is 1.27. The third kappa shape index (κ3) is 4.56. The standard InChI is InChI=1S/C26H25N3O5/c1-26(20-10-12-21(32-2)13-11-20)24(30)29(25(31)28-26)27-16-19-9-14-22(23(15-19)33-3)34-17-18-7-5-4-6-8-18/h4-16H,17H2,1-3H3,(H,28,31)/b27-16+. The zero-order chi connectivity index (χ0) is 24.1. The summed E-state index contributed by atoms with van der Waals surface area (Å²) in [5, 5.41) is 7.69. The Morgan fingerprint density at radius 1 is 0.941 bits per heavy atom. The number of carbonyl (C=O) groups is 2. The number of hydrogen-bond acceptors (Lipinski definition) is 6. The van der Waals surface area contributed by atoms with Crippen LogP contribution in [0.5, 0.6) is 17.2 Å². The maximum Gasteiger partial charge on any atom is 0.346 e. The normalized spacial score (nSPS) is 17.7. The number of nitrogens with one attached hydrogen (secondary N) is 1. The molecule has 1 aliphatic rings. The largest absolute Gasteiger partial charge is 0.497 e. The molecular weight excluding hydrogens is 434 g/mol. The number of imide groups is 1. The zero-order valence-corrected chi connectivity index (χ0v) is 19.1. The lowest BCUT2D eigenvalue weighted by Crippen LogP contribution is -2.40. The van der Waals surface area contributed by atoms with E-state index in [1.54, 1.807) is 63.6 Å². The SMILES string of the molecule is COc1ccc(C2(C)NC(=O)N(/N=C/c3ccc(OCc4ccccc4)c(OC)c3)C2=O)cc1. The first-order valence-electron chi connectivity index (χ1n) is 10.6. The van der Waals surface area contributed by atoms with Crippen molar-refractivity contribution >= 4 is 18.2 Å². The Balaban J connectivity index is 1.49. The summed E-state index contributed by atoms with van der Waals surface area (Å²) >= 11 is 0. The molecule has 0 aromatic heterocycles. The van der Waals surface area contributed by atoms with Gasteiger partial charge in [-0.3, -0.25) is 4.79 Å². The number of carbonyl (C=O) groups excluding carboxylic acids is 2. The molecule has 1 aliphatic heterocycles. The summed E-state index contributed by atoms with van der Waals surface area (Å²) in [6.07, 6.45) is 1.43. The first kappa shape index (κ1) is 22.8. The highest BCUT2D eigenvalue weighted by molar-refractivity contribution is 6.07.